The van der Waals surface area contributed by atoms with E-state index in [1.165, 1.54) is 25.7 Å². The van der Waals surface area contributed by atoms with Gasteiger partial charge in [-0.2, -0.15) is 0 Å². The van der Waals surface area contributed by atoms with E-state index in [1.54, 1.807) is 5.57 Å². The Kier molecular flexibility index (Phi) is 3.50. The van der Waals surface area contributed by atoms with Crippen LogP contribution in [0.25, 0.3) is 0 Å². The molecular formula is C14H24O. The van der Waals surface area contributed by atoms with Crippen LogP contribution in [0, 0.1) is 17.8 Å². The molecule has 0 unspecified atom stereocenters. The summed E-state index contributed by atoms with van der Waals surface area (Å²) in [5.74, 6) is 2.46. The molecule has 2 aliphatic rings. The van der Waals surface area contributed by atoms with Gasteiger partial charge in [-0.3, -0.25) is 0 Å². The third-order valence-electron chi connectivity index (χ3n) is 4.01. The smallest absolute Gasteiger partial charge is 0.0813 e. The van der Waals surface area contributed by atoms with E-state index in [1.807, 2.05) is 0 Å². The van der Waals surface area contributed by atoms with E-state index in [2.05, 4.69) is 26.8 Å². The van der Waals surface area contributed by atoms with Gasteiger partial charge < -0.3 is 4.74 Å². The summed E-state index contributed by atoms with van der Waals surface area (Å²) >= 11 is 0. The van der Waals surface area contributed by atoms with Crippen molar-refractivity contribution < 1.29 is 4.74 Å². The summed E-state index contributed by atoms with van der Waals surface area (Å²) in [4.78, 5) is 0. The molecule has 1 saturated heterocycles. The number of hydrogen-bond donors (Lipinski definition) is 0. The summed E-state index contributed by atoms with van der Waals surface area (Å²) in [6.45, 7) is 8.09. The fraction of sp³-hybridized carbons (Fsp3) is 0.857. The van der Waals surface area contributed by atoms with Gasteiger partial charge in [0.15, 0.2) is 0 Å². The Morgan fingerprint density at radius 1 is 1.40 bits per heavy atom. The summed E-state index contributed by atoms with van der Waals surface area (Å²) in [5.41, 5.74) is 1.70. The Hall–Kier alpha value is -0.300. The van der Waals surface area contributed by atoms with Gasteiger partial charge in [-0.25, -0.2) is 0 Å². The third-order valence-corrected chi connectivity index (χ3v) is 4.01. The normalized spacial score (nSPS) is 35.5. The summed E-state index contributed by atoms with van der Waals surface area (Å²) in [5, 5.41) is 0. The van der Waals surface area contributed by atoms with Crippen LogP contribution in [0.5, 0.6) is 0 Å². The number of allylic oxidation sites excluding steroid dienone is 2. The van der Waals surface area contributed by atoms with E-state index >= 15 is 0 Å². The van der Waals surface area contributed by atoms with Crippen LogP contribution in [0.2, 0.25) is 0 Å². The van der Waals surface area contributed by atoms with E-state index in [0.29, 0.717) is 6.10 Å². The Morgan fingerprint density at radius 2 is 2.13 bits per heavy atom. The van der Waals surface area contributed by atoms with Gasteiger partial charge in [-0.1, -0.05) is 32.4 Å². The molecule has 0 aromatic rings. The quantitative estimate of drug-likeness (QED) is 0.506. The first-order valence-electron chi connectivity index (χ1n) is 6.49. The van der Waals surface area contributed by atoms with Gasteiger partial charge in [0.05, 0.1) is 12.7 Å². The van der Waals surface area contributed by atoms with Crippen LogP contribution in [0.4, 0.5) is 0 Å². The Labute approximate surface area is 93.9 Å². The lowest BCUT2D eigenvalue weighted by molar-refractivity contribution is 0.357. The van der Waals surface area contributed by atoms with E-state index in [0.717, 1.165) is 24.4 Å². The van der Waals surface area contributed by atoms with Crippen LogP contribution in [-0.4, -0.2) is 12.7 Å². The van der Waals surface area contributed by atoms with Gasteiger partial charge in [-0.05, 0) is 43.4 Å². The second kappa shape index (κ2) is 4.69. The van der Waals surface area contributed by atoms with Crippen molar-refractivity contribution in [1.29, 1.82) is 0 Å². The standard InChI is InChI=1S/C14H24O/c1-10(2)12-5-4-11(3)13(8-12)6-7-14-9-15-14/h8,10-12,14H,4-7,9H2,1-3H3/t11-,12+,14+/m1/s1. The molecule has 0 aromatic heterocycles. The number of rotatable bonds is 4. The molecule has 1 fully saturated rings. The second-order valence-electron chi connectivity index (χ2n) is 5.62. The molecule has 1 heterocycles. The fourth-order valence-corrected chi connectivity index (χ4v) is 2.57. The first kappa shape index (κ1) is 11.2. The average Bonchev–Trinajstić information content (AvgIpc) is 3.00. The van der Waals surface area contributed by atoms with Crippen molar-refractivity contribution in [1.82, 2.24) is 0 Å². The molecule has 0 bridgehead atoms. The molecule has 86 valence electrons. The molecule has 0 saturated carbocycles. The maximum atomic E-state index is 5.28. The van der Waals surface area contributed by atoms with Crippen LogP contribution < -0.4 is 0 Å². The van der Waals surface area contributed by atoms with Crippen LogP contribution in [-0.2, 0) is 4.74 Å². The van der Waals surface area contributed by atoms with E-state index in [-0.39, 0.29) is 0 Å². The van der Waals surface area contributed by atoms with Crippen molar-refractivity contribution in [2.75, 3.05) is 6.61 Å². The monoisotopic (exact) mass is 208 g/mol. The van der Waals surface area contributed by atoms with Gasteiger partial charge in [0.1, 0.15) is 0 Å². The van der Waals surface area contributed by atoms with Crippen molar-refractivity contribution in [2.45, 2.75) is 52.6 Å². The molecule has 0 radical (unpaired) electrons. The van der Waals surface area contributed by atoms with Crippen molar-refractivity contribution in [2.24, 2.45) is 17.8 Å². The average molecular weight is 208 g/mol. The minimum absolute atomic E-state index is 0.595. The van der Waals surface area contributed by atoms with Gasteiger partial charge in [0, 0.05) is 0 Å². The summed E-state index contributed by atoms with van der Waals surface area (Å²) in [7, 11) is 0. The number of hydrogen-bond acceptors (Lipinski definition) is 1. The van der Waals surface area contributed by atoms with Gasteiger partial charge >= 0.3 is 0 Å². The van der Waals surface area contributed by atoms with Crippen molar-refractivity contribution >= 4 is 0 Å². The van der Waals surface area contributed by atoms with Crippen LogP contribution in [0.1, 0.15) is 46.5 Å². The first-order chi connectivity index (χ1) is 7.16. The van der Waals surface area contributed by atoms with Crippen molar-refractivity contribution in [3.63, 3.8) is 0 Å². The third kappa shape index (κ3) is 3.07. The van der Waals surface area contributed by atoms with E-state index < -0.39 is 0 Å². The molecule has 1 nitrogen and oxygen atoms in total. The maximum absolute atomic E-state index is 5.28. The molecular weight excluding hydrogens is 184 g/mol. The largest absolute Gasteiger partial charge is 0.373 e. The summed E-state index contributed by atoms with van der Waals surface area (Å²) < 4.78 is 5.28. The van der Waals surface area contributed by atoms with Crippen LogP contribution in [0.3, 0.4) is 0 Å². The zero-order chi connectivity index (χ0) is 10.8. The highest BCUT2D eigenvalue weighted by atomic mass is 16.6. The van der Waals surface area contributed by atoms with Gasteiger partial charge in [0.25, 0.3) is 0 Å². The zero-order valence-electron chi connectivity index (χ0n) is 10.3. The molecule has 0 spiro atoms. The lowest BCUT2D eigenvalue weighted by atomic mass is 9.77. The number of epoxide rings is 1. The second-order valence-corrected chi connectivity index (χ2v) is 5.62. The molecule has 2 rings (SSSR count). The van der Waals surface area contributed by atoms with Crippen LogP contribution >= 0.6 is 0 Å². The molecule has 1 aliphatic heterocycles. The van der Waals surface area contributed by atoms with E-state index in [9.17, 15) is 0 Å². The molecule has 3 atom stereocenters. The molecule has 1 aliphatic carbocycles. The highest BCUT2D eigenvalue weighted by Gasteiger charge is 2.25. The SMILES string of the molecule is CC(C)[C@@H]1C=C(CC[C@H]2CO2)[C@H](C)CC1. The molecule has 1 heteroatoms. The molecule has 15 heavy (non-hydrogen) atoms. The lowest BCUT2D eigenvalue weighted by Gasteiger charge is -2.28. The van der Waals surface area contributed by atoms with Crippen LogP contribution in [0.15, 0.2) is 11.6 Å². The highest BCUT2D eigenvalue weighted by Crippen LogP contribution is 2.35. The molecule has 0 aromatic carbocycles. The Morgan fingerprint density at radius 3 is 2.73 bits per heavy atom. The summed E-state index contributed by atoms with van der Waals surface area (Å²) in [6, 6.07) is 0. The first-order valence-corrected chi connectivity index (χ1v) is 6.49. The van der Waals surface area contributed by atoms with Gasteiger partial charge in [0.2, 0.25) is 0 Å². The van der Waals surface area contributed by atoms with E-state index in [4.69, 9.17) is 4.74 Å². The maximum Gasteiger partial charge on any atom is 0.0813 e. The zero-order valence-corrected chi connectivity index (χ0v) is 10.3. The minimum Gasteiger partial charge on any atom is -0.373 e. The van der Waals surface area contributed by atoms with Crippen molar-refractivity contribution in [3.8, 4) is 0 Å². The molecule has 0 N–H and O–H groups in total. The highest BCUT2D eigenvalue weighted by molar-refractivity contribution is 5.12. The molecule has 0 amide bonds. The predicted molar refractivity (Wildman–Crippen MR) is 63.8 cm³/mol. The topological polar surface area (TPSA) is 12.5 Å². The lowest BCUT2D eigenvalue weighted by Crippen LogP contribution is -2.16. The Balaban J connectivity index is 1.91. The van der Waals surface area contributed by atoms with Crippen molar-refractivity contribution in [3.05, 3.63) is 11.6 Å². The number of ether oxygens (including phenoxy) is 1. The summed E-state index contributed by atoms with van der Waals surface area (Å²) in [6.07, 6.45) is 8.47. The minimum atomic E-state index is 0.595. The predicted octanol–water partition coefficient (Wildman–Crippen LogP) is 3.79. The fourth-order valence-electron chi connectivity index (χ4n) is 2.57. The Bertz CT molecular complexity index is 238. The van der Waals surface area contributed by atoms with Gasteiger partial charge in [-0.15, -0.1) is 0 Å².